The molecule has 0 amide bonds. The lowest BCUT2D eigenvalue weighted by Gasteiger charge is -2.24. The quantitative estimate of drug-likeness (QED) is 0.282. The van der Waals surface area contributed by atoms with Crippen LogP contribution in [0.5, 0.6) is 0 Å². The number of hydrogen-bond donors (Lipinski definition) is 4. The number of alkyl halides is 3. The van der Waals surface area contributed by atoms with Gasteiger partial charge in [-0.05, 0) is 43.7 Å². The molecule has 0 aliphatic heterocycles. The van der Waals surface area contributed by atoms with Crippen LogP contribution in [-0.4, -0.2) is 57.4 Å². The summed E-state index contributed by atoms with van der Waals surface area (Å²) < 4.78 is 44.1. The number of hydrogen-bond acceptors (Lipinski definition) is 5. The molecule has 0 aromatic heterocycles. The molecule has 5 atom stereocenters. The Morgan fingerprint density at radius 1 is 1.22 bits per heavy atom. The van der Waals surface area contributed by atoms with E-state index in [4.69, 9.17) is 9.84 Å². The van der Waals surface area contributed by atoms with Gasteiger partial charge in [0.05, 0.1) is 36.6 Å². The van der Waals surface area contributed by atoms with Crippen LogP contribution >= 0.6 is 0 Å². The van der Waals surface area contributed by atoms with E-state index in [2.05, 4.69) is 0 Å². The van der Waals surface area contributed by atoms with Gasteiger partial charge in [0.2, 0.25) is 0 Å². The Morgan fingerprint density at radius 3 is 2.66 bits per heavy atom. The molecule has 1 aliphatic rings. The minimum Gasteiger partial charge on any atom is -0.481 e. The summed E-state index contributed by atoms with van der Waals surface area (Å²) in [6.45, 7) is -0.105. The number of aryl methyl sites for hydroxylation is 1. The molecule has 180 valence electrons. The number of carboxylic acids is 1. The number of carbonyl (C=O) groups is 1. The van der Waals surface area contributed by atoms with Crippen molar-refractivity contribution in [1.29, 1.82) is 0 Å². The first-order valence-electron chi connectivity index (χ1n) is 10.8. The first-order valence-corrected chi connectivity index (χ1v) is 10.8. The summed E-state index contributed by atoms with van der Waals surface area (Å²) in [5, 5.41) is 39.2. The van der Waals surface area contributed by atoms with Crippen LogP contribution in [0.4, 0.5) is 13.2 Å². The van der Waals surface area contributed by atoms with E-state index in [-0.39, 0.29) is 38.2 Å². The Kier molecular flexibility index (Phi) is 10.1. The predicted octanol–water partition coefficient (Wildman–Crippen LogP) is 3.33. The zero-order chi connectivity index (χ0) is 23.7. The minimum atomic E-state index is -4.42. The maximum Gasteiger partial charge on any atom is 0.416 e. The number of aliphatic carboxylic acids is 1. The summed E-state index contributed by atoms with van der Waals surface area (Å²) >= 11 is 0. The van der Waals surface area contributed by atoms with Crippen molar-refractivity contribution in [2.45, 2.75) is 75.5 Å². The number of ether oxygens (including phenoxy) is 1. The molecule has 32 heavy (non-hydrogen) atoms. The lowest BCUT2D eigenvalue weighted by molar-refractivity contribution is -0.138. The van der Waals surface area contributed by atoms with E-state index in [1.165, 1.54) is 6.07 Å². The third kappa shape index (κ3) is 8.54. The van der Waals surface area contributed by atoms with Crippen molar-refractivity contribution in [3.8, 4) is 0 Å². The summed E-state index contributed by atoms with van der Waals surface area (Å²) in [5.41, 5.74) is -0.274. The van der Waals surface area contributed by atoms with Gasteiger partial charge in [-0.15, -0.1) is 0 Å². The second-order valence-electron chi connectivity index (χ2n) is 8.22. The number of allylic oxidation sites excluding steroid dienone is 2. The Balaban J connectivity index is 1.80. The molecule has 0 bridgehead atoms. The van der Waals surface area contributed by atoms with Crippen molar-refractivity contribution in [3.05, 3.63) is 47.5 Å². The largest absolute Gasteiger partial charge is 0.481 e. The molecular weight excluding hydrogens is 429 g/mol. The minimum absolute atomic E-state index is 0.0826. The molecule has 0 heterocycles. The van der Waals surface area contributed by atoms with Crippen molar-refractivity contribution in [2.24, 2.45) is 5.92 Å². The molecule has 1 aromatic carbocycles. The first-order chi connectivity index (χ1) is 15.1. The van der Waals surface area contributed by atoms with Crippen LogP contribution in [0.25, 0.3) is 0 Å². The third-order valence-electron chi connectivity index (χ3n) is 5.62. The van der Waals surface area contributed by atoms with Crippen molar-refractivity contribution >= 4 is 5.97 Å². The Labute approximate surface area is 185 Å². The van der Waals surface area contributed by atoms with E-state index in [1.54, 1.807) is 6.07 Å². The van der Waals surface area contributed by atoms with Gasteiger partial charge in [0.25, 0.3) is 0 Å². The molecule has 0 radical (unpaired) electrons. The van der Waals surface area contributed by atoms with Gasteiger partial charge in [-0.3, -0.25) is 4.79 Å². The van der Waals surface area contributed by atoms with Crippen LogP contribution in [-0.2, 0) is 22.1 Å². The highest BCUT2D eigenvalue weighted by molar-refractivity contribution is 5.66. The number of benzene rings is 1. The van der Waals surface area contributed by atoms with E-state index in [0.29, 0.717) is 24.8 Å². The van der Waals surface area contributed by atoms with Gasteiger partial charge in [0, 0.05) is 18.8 Å². The Bertz CT molecular complexity index is 751. The van der Waals surface area contributed by atoms with Crippen molar-refractivity contribution in [2.75, 3.05) is 6.61 Å². The topological polar surface area (TPSA) is 107 Å². The molecule has 1 aliphatic carbocycles. The van der Waals surface area contributed by atoms with Gasteiger partial charge in [-0.25, -0.2) is 0 Å². The summed E-state index contributed by atoms with van der Waals surface area (Å²) in [7, 11) is 0. The molecule has 0 spiro atoms. The average molecular weight is 460 g/mol. The maximum absolute atomic E-state index is 12.8. The molecular formula is C23H31F3O6. The predicted molar refractivity (Wildman–Crippen MR) is 111 cm³/mol. The summed E-state index contributed by atoms with van der Waals surface area (Å²) in [6, 6.07) is 4.95. The highest BCUT2D eigenvalue weighted by Crippen LogP contribution is 2.33. The zero-order valence-electron chi connectivity index (χ0n) is 17.7. The van der Waals surface area contributed by atoms with Crippen molar-refractivity contribution in [1.82, 2.24) is 0 Å². The number of aliphatic hydroxyl groups excluding tert-OH is 3. The lowest BCUT2D eigenvalue weighted by Crippen LogP contribution is -2.33. The molecule has 6 nitrogen and oxygen atoms in total. The fraction of sp³-hybridized carbons (Fsp3) is 0.609. The number of unbranched alkanes of at least 4 members (excludes halogenated alkanes) is 1. The number of carboxylic acid groups (broad SMARTS) is 1. The number of aliphatic hydroxyl groups is 3. The molecule has 9 heteroatoms. The fourth-order valence-electron chi connectivity index (χ4n) is 3.87. The maximum atomic E-state index is 12.8. The molecule has 2 rings (SSSR count). The van der Waals surface area contributed by atoms with Crippen LogP contribution in [0.3, 0.4) is 0 Å². The van der Waals surface area contributed by atoms with Gasteiger partial charge in [-0.2, -0.15) is 13.2 Å². The molecule has 1 fully saturated rings. The van der Waals surface area contributed by atoms with Gasteiger partial charge in [0.1, 0.15) is 0 Å². The molecule has 0 unspecified atom stereocenters. The second-order valence-corrected chi connectivity index (χ2v) is 8.22. The van der Waals surface area contributed by atoms with Crippen LogP contribution in [0.15, 0.2) is 36.4 Å². The van der Waals surface area contributed by atoms with E-state index >= 15 is 0 Å². The number of halogens is 3. The zero-order valence-corrected chi connectivity index (χ0v) is 17.7. The van der Waals surface area contributed by atoms with E-state index in [0.717, 1.165) is 12.1 Å². The van der Waals surface area contributed by atoms with Crippen molar-refractivity contribution in [3.63, 3.8) is 0 Å². The highest BCUT2D eigenvalue weighted by Gasteiger charge is 2.42. The van der Waals surface area contributed by atoms with Crippen LogP contribution < -0.4 is 0 Å². The fourth-order valence-corrected chi connectivity index (χ4v) is 3.87. The molecule has 1 aromatic rings. The number of rotatable bonds is 12. The SMILES string of the molecule is O=C(O)CCC/C=C\C[C@@H]1[C@@H](OC[C@@H](O)CCc2cccc(C(F)(F)F)c2)[C@H](O)C[C@@H]1O. The van der Waals surface area contributed by atoms with Gasteiger partial charge in [0.15, 0.2) is 0 Å². The standard InChI is InChI=1S/C23H31F3O6/c24-23(25,26)16-7-5-6-15(12-16)10-11-17(27)14-32-22-18(19(28)13-20(22)29)8-3-1-2-4-9-21(30)31/h1,3,5-7,12,17-20,22,27-29H,2,4,8-11,13-14H2,(H,30,31)/b3-1-/t17-,18-,19-,20+,22+/m0/s1. The monoisotopic (exact) mass is 460 g/mol. The Hall–Kier alpha value is -1.94. The summed E-state index contributed by atoms with van der Waals surface area (Å²) in [5.74, 6) is -1.22. The average Bonchev–Trinajstić information content (AvgIpc) is 2.99. The first kappa shape index (κ1) is 26.3. The van der Waals surface area contributed by atoms with Crippen LogP contribution in [0.2, 0.25) is 0 Å². The van der Waals surface area contributed by atoms with E-state index in [1.807, 2.05) is 12.2 Å². The normalized spacial score (nSPS) is 24.8. The summed E-state index contributed by atoms with van der Waals surface area (Å²) in [6.07, 6.45) is -1.78. The summed E-state index contributed by atoms with van der Waals surface area (Å²) in [4.78, 5) is 10.5. The smallest absolute Gasteiger partial charge is 0.416 e. The molecule has 1 saturated carbocycles. The third-order valence-corrected chi connectivity index (χ3v) is 5.62. The van der Waals surface area contributed by atoms with Gasteiger partial charge in [-0.1, -0.05) is 30.4 Å². The van der Waals surface area contributed by atoms with Crippen LogP contribution in [0, 0.1) is 5.92 Å². The Morgan fingerprint density at radius 2 is 1.97 bits per heavy atom. The van der Waals surface area contributed by atoms with Gasteiger partial charge < -0.3 is 25.2 Å². The lowest BCUT2D eigenvalue weighted by atomic mass is 9.98. The van der Waals surface area contributed by atoms with E-state index < -0.39 is 42.1 Å². The highest BCUT2D eigenvalue weighted by atomic mass is 19.4. The molecule has 0 saturated heterocycles. The second kappa shape index (κ2) is 12.3. The molecule has 4 N–H and O–H groups in total. The van der Waals surface area contributed by atoms with Crippen molar-refractivity contribution < 1.29 is 43.1 Å². The van der Waals surface area contributed by atoms with Crippen LogP contribution in [0.1, 0.15) is 49.7 Å². The van der Waals surface area contributed by atoms with E-state index in [9.17, 15) is 33.3 Å². The van der Waals surface area contributed by atoms with Gasteiger partial charge >= 0.3 is 12.1 Å².